The molecular weight excluding hydrogens is 368 g/mol. The molecule has 0 aromatic heterocycles. The van der Waals surface area contributed by atoms with Gasteiger partial charge in [-0.25, -0.2) is 0 Å². The highest BCUT2D eigenvalue weighted by Gasteiger charge is 2.32. The van der Waals surface area contributed by atoms with Gasteiger partial charge in [0.1, 0.15) is 0 Å². The van der Waals surface area contributed by atoms with E-state index in [0.29, 0.717) is 25.0 Å². The van der Waals surface area contributed by atoms with Crippen molar-refractivity contribution in [2.24, 2.45) is 17.6 Å². The van der Waals surface area contributed by atoms with Crippen molar-refractivity contribution in [3.8, 4) is 0 Å². The van der Waals surface area contributed by atoms with Gasteiger partial charge in [-0.05, 0) is 44.4 Å². The summed E-state index contributed by atoms with van der Waals surface area (Å²) in [4.78, 5) is 31.2. The average Bonchev–Trinajstić information content (AvgIpc) is 2.75. The highest BCUT2D eigenvalue weighted by Crippen LogP contribution is 2.27. The first-order valence-electron chi connectivity index (χ1n) is 11.7. The fourth-order valence-corrected chi connectivity index (χ4v) is 5.13. The number of esters is 1. The van der Waals surface area contributed by atoms with Crippen LogP contribution in [0.5, 0.6) is 0 Å². The van der Waals surface area contributed by atoms with E-state index in [9.17, 15) is 9.59 Å². The van der Waals surface area contributed by atoms with Crippen molar-refractivity contribution in [3.05, 3.63) is 0 Å². The molecular formula is C22H40N4O3. The molecule has 0 unspecified atom stereocenters. The number of nitrogens with zero attached hydrogens (tertiary/aromatic N) is 3. The maximum absolute atomic E-state index is 12.8. The molecule has 2 heterocycles. The van der Waals surface area contributed by atoms with Crippen molar-refractivity contribution in [1.29, 1.82) is 0 Å². The van der Waals surface area contributed by atoms with Crippen LogP contribution in [-0.4, -0.2) is 91.6 Å². The van der Waals surface area contributed by atoms with E-state index in [4.69, 9.17) is 10.5 Å². The fourth-order valence-electron chi connectivity index (χ4n) is 5.13. The van der Waals surface area contributed by atoms with Crippen LogP contribution in [0.4, 0.5) is 0 Å². The monoisotopic (exact) mass is 408 g/mol. The smallest absolute Gasteiger partial charge is 0.320 e. The Hall–Kier alpha value is -1.18. The Bertz CT molecular complexity index is 522. The van der Waals surface area contributed by atoms with Crippen LogP contribution in [0.3, 0.4) is 0 Å². The predicted octanol–water partition coefficient (Wildman–Crippen LogP) is 1.31. The van der Waals surface area contributed by atoms with Crippen LogP contribution in [-0.2, 0) is 14.3 Å². The average molecular weight is 409 g/mol. The van der Waals surface area contributed by atoms with Gasteiger partial charge in [-0.15, -0.1) is 0 Å². The molecule has 3 fully saturated rings. The van der Waals surface area contributed by atoms with Gasteiger partial charge in [-0.3, -0.25) is 14.5 Å². The molecule has 0 aromatic carbocycles. The van der Waals surface area contributed by atoms with Gasteiger partial charge < -0.3 is 20.3 Å². The minimum Gasteiger partial charge on any atom is -0.465 e. The molecule has 0 radical (unpaired) electrons. The SMILES string of the molecule is CCOC(=O)CN1CCN(CC2CCN(C(=O)[C@H](N)C3CCCCC3)CC2)CC1. The number of carbonyl (C=O) groups is 2. The third-order valence-corrected chi connectivity index (χ3v) is 7.01. The molecule has 2 N–H and O–H groups in total. The maximum Gasteiger partial charge on any atom is 0.320 e. The highest BCUT2D eigenvalue weighted by molar-refractivity contribution is 5.82. The van der Waals surface area contributed by atoms with E-state index in [2.05, 4.69) is 9.80 Å². The van der Waals surface area contributed by atoms with Crippen LogP contribution < -0.4 is 5.73 Å². The third kappa shape index (κ3) is 6.66. The van der Waals surface area contributed by atoms with Gasteiger partial charge in [0.25, 0.3) is 0 Å². The molecule has 1 atom stereocenters. The first-order chi connectivity index (χ1) is 14.1. The summed E-state index contributed by atoms with van der Waals surface area (Å²) in [6.07, 6.45) is 8.12. The summed E-state index contributed by atoms with van der Waals surface area (Å²) in [5.41, 5.74) is 6.34. The van der Waals surface area contributed by atoms with Gasteiger partial charge in [0.2, 0.25) is 5.91 Å². The zero-order chi connectivity index (χ0) is 20.6. The predicted molar refractivity (Wildman–Crippen MR) is 113 cm³/mol. The normalized spacial score (nSPS) is 24.4. The van der Waals surface area contributed by atoms with Crippen LogP contribution in [0.25, 0.3) is 0 Å². The number of carbonyl (C=O) groups excluding carboxylic acids is 2. The van der Waals surface area contributed by atoms with Gasteiger partial charge in [-0.1, -0.05) is 19.3 Å². The Kier molecular flexibility index (Phi) is 8.75. The molecule has 3 aliphatic rings. The number of nitrogens with two attached hydrogens (primary N) is 1. The molecule has 0 aromatic rings. The minimum absolute atomic E-state index is 0.121. The zero-order valence-corrected chi connectivity index (χ0v) is 18.2. The van der Waals surface area contributed by atoms with Crippen LogP contribution in [0, 0.1) is 11.8 Å². The highest BCUT2D eigenvalue weighted by atomic mass is 16.5. The number of amides is 1. The zero-order valence-electron chi connectivity index (χ0n) is 18.2. The second kappa shape index (κ2) is 11.3. The third-order valence-electron chi connectivity index (χ3n) is 7.01. The number of piperazine rings is 1. The van der Waals surface area contributed by atoms with E-state index in [0.717, 1.165) is 71.5 Å². The molecule has 2 aliphatic heterocycles. The lowest BCUT2D eigenvalue weighted by molar-refractivity contribution is -0.145. The Balaban J connectivity index is 1.34. The first kappa shape index (κ1) is 22.5. The molecule has 0 spiro atoms. The van der Waals surface area contributed by atoms with E-state index in [-0.39, 0.29) is 17.9 Å². The van der Waals surface area contributed by atoms with E-state index >= 15 is 0 Å². The lowest BCUT2D eigenvalue weighted by Crippen LogP contribution is -2.52. The standard InChI is InChI=1S/C22H40N4O3/c1-2-29-20(27)17-25-14-12-24(13-15-25)16-18-8-10-26(11-9-18)22(28)21(23)19-6-4-3-5-7-19/h18-19,21H,2-17,23H2,1H3/t21-/m1/s1. The second-order valence-corrected chi connectivity index (χ2v) is 9.07. The van der Waals surface area contributed by atoms with Crippen LogP contribution in [0.2, 0.25) is 0 Å². The first-order valence-corrected chi connectivity index (χ1v) is 11.7. The molecule has 3 rings (SSSR count). The van der Waals surface area contributed by atoms with Gasteiger partial charge in [0, 0.05) is 45.8 Å². The molecule has 1 amide bonds. The second-order valence-electron chi connectivity index (χ2n) is 9.07. The van der Waals surface area contributed by atoms with Crippen molar-refractivity contribution in [1.82, 2.24) is 14.7 Å². The quantitative estimate of drug-likeness (QED) is 0.640. The Morgan fingerprint density at radius 2 is 1.55 bits per heavy atom. The Morgan fingerprint density at radius 3 is 2.17 bits per heavy atom. The summed E-state index contributed by atoms with van der Waals surface area (Å²) in [6, 6.07) is -0.292. The summed E-state index contributed by atoms with van der Waals surface area (Å²) in [6.45, 7) is 9.37. The summed E-state index contributed by atoms with van der Waals surface area (Å²) < 4.78 is 5.04. The lowest BCUT2D eigenvalue weighted by Gasteiger charge is -2.39. The van der Waals surface area contributed by atoms with Crippen LogP contribution in [0.1, 0.15) is 51.9 Å². The van der Waals surface area contributed by atoms with E-state index in [1.165, 1.54) is 19.3 Å². The van der Waals surface area contributed by atoms with Crippen LogP contribution in [0.15, 0.2) is 0 Å². The van der Waals surface area contributed by atoms with Crippen molar-refractivity contribution in [2.45, 2.75) is 57.9 Å². The van der Waals surface area contributed by atoms with E-state index in [1.807, 2.05) is 11.8 Å². The topological polar surface area (TPSA) is 79.1 Å². The van der Waals surface area contributed by atoms with Crippen molar-refractivity contribution in [3.63, 3.8) is 0 Å². The largest absolute Gasteiger partial charge is 0.465 e. The molecule has 2 saturated heterocycles. The summed E-state index contributed by atoms with van der Waals surface area (Å²) >= 11 is 0. The number of piperidine rings is 1. The number of rotatable bonds is 7. The van der Waals surface area contributed by atoms with Crippen LogP contribution >= 0.6 is 0 Å². The van der Waals surface area contributed by atoms with Gasteiger partial charge in [-0.2, -0.15) is 0 Å². The van der Waals surface area contributed by atoms with Gasteiger partial charge >= 0.3 is 5.97 Å². The van der Waals surface area contributed by atoms with Crippen molar-refractivity contribution in [2.75, 3.05) is 59.0 Å². The van der Waals surface area contributed by atoms with Gasteiger partial charge in [0.05, 0.1) is 19.2 Å². The van der Waals surface area contributed by atoms with E-state index < -0.39 is 0 Å². The minimum atomic E-state index is -0.292. The Morgan fingerprint density at radius 1 is 0.931 bits per heavy atom. The van der Waals surface area contributed by atoms with Crippen molar-refractivity contribution >= 4 is 11.9 Å². The summed E-state index contributed by atoms with van der Waals surface area (Å²) in [5, 5.41) is 0. The molecule has 1 aliphatic carbocycles. The molecule has 0 bridgehead atoms. The summed E-state index contributed by atoms with van der Waals surface area (Å²) in [7, 11) is 0. The molecule has 1 saturated carbocycles. The molecule has 29 heavy (non-hydrogen) atoms. The van der Waals surface area contributed by atoms with E-state index in [1.54, 1.807) is 0 Å². The molecule has 7 nitrogen and oxygen atoms in total. The number of hydrogen-bond donors (Lipinski definition) is 1. The fraction of sp³-hybridized carbons (Fsp3) is 0.909. The number of hydrogen-bond acceptors (Lipinski definition) is 6. The molecule has 166 valence electrons. The lowest BCUT2D eigenvalue weighted by atomic mass is 9.83. The van der Waals surface area contributed by atoms with Crippen molar-refractivity contribution < 1.29 is 14.3 Å². The number of ether oxygens (including phenoxy) is 1. The summed E-state index contributed by atoms with van der Waals surface area (Å²) in [5.74, 6) is 1.11. The molecule has 7 heteroatoms. The number of likely N-dealkylation sites (tertiary alicyclic amines) is 1. The van der Waals surface area contributed by atoms with Gasteiger partial charge in [0.15, 0.2) is 0 Å². The maximum atomic E-state index is 12.8. The Labute approximate surface area is 175 Å².